The SMILES string of the molecule is C=C1/C=C(OC)\C(OC)=C/CCCN(CCNC(=O)c2cccc(Cl)c2N)C1. The molecule has 0 aromatic heterocycles. The van der Waals surface area contributed by atoms with Gasteiger partial charge in [0.2, 0.25) is 0 Å². The Morgan fingerprint density at radius 1 is 1.32 bits per heavy atom. The zero-order valence-electron chi connectivity index (χ0n) is 16.5. The van der Waals surface area contributed by atoms with Crippen LogP contribution in [0.25, 0.3) is 0 Å². The summed E-state index contributed by atoms with van der Waals surface area (Å²) < 4.78 is 10.8. The number of benzene rings is 1. The van der Waals surface area contributed by atoms with E-state index in [1.54, 1.807) is 32.4 Å². The summed E-state index contributed by atoms with van der Waals surface area (Å²) in [5, 5.41) is 3.29. The first-order chi connectivity index (χ1) is 13.5. The van der Waals surface area contributed by atoms with Crippen molar-refractivity contribution in [3.63, 3.8) is 0 Å². The maximum absolute atomic E-state index is 12.4. The van der Waals surface area contributed by atoms with E-state index in [0.717, 1.165) is 30.7 Å². The number of halogens is 1. The van der Waals surface area contributed by atoms with Crippen molar-refractivity contribution in [1.29, 1.82) is 0 Å². The molecule has 0 spiro atoms. The highest BCUT2D eigenvalue weighted by Gasteiger charge is 2.14. The van der Waals surface area contributed by atoms with Gasteiger partial charge in [-0.05, 0) is 49.2 Å². The lowest BCUT2D eigenvalue weighted by molar-refractivity contribution is 0.0949. The van der Waals surface area contributed by atoms with Crippen LogP contribution in [0.2, 0.25) is 5.02 Å². The van der Waals surface area contributed by atoms with Gasteiger partial charge < -0.3 is 20.5 Å². The van der Waals surface area contributed by atoms with Gasteiger partial charge in [-0.25, -0.2) is 0 Å². The van der Waals surface area contributed by atoms with Gasteiger partial charge in [0, 0.05) is 19.6 Å². The van der Waals surface area contributed by atoms with Gasteiger partial charge in [-0.15, -0.1) is 0 Å². The zero-order valence-corrected chi connectivity index (χ0v) is 17.2. The van der Waals surface area contributed by atoms with Crippen molar-refractivity contribution < 1.29 is 14.3 Å². The first kappa shape index (κ1) is 21.9. The number of carbonyl (C=O) groups excluding carboxylic acids is 1. The Kier molecular flexibility index (Phi) is 8.42. The van der Waals surface area contributed by atoms with Crippen LogP contribution in [0.5, 0.6) is 0 Å². The van der Waals surface area contributed by atoms with Crippen LogP contribution in [-0.2, 0) is 9.47 Å². The molecule has 0 saturated carbocycles. The molecule has 0 atom stereocenters. The van der Waals surface area contributed by atoms with Crippen LogP contribution in [0.3, 0.4) is 0 Å². The standard InChI is InChI=1S/C21H28ClN3O3/c1-15-13-19(28-3)18(27-2)9-4-5-11-25(14-15)12-10-24-21(26)16-7-6-8-17(22)20(16)23/h6-9,13H,1,4-5,10-12,14,23H2,2-3H3,(H,24,26)/b18-9+,19-13+. The highest BCUT2D eigenvalue weighted by molar-refractivity contribution is 6.33. The lowest BCUT2D eigenvalue weighted by Gasteiger charge is -2.24. The van der Waals surface area contributed by atoms with Crippen molar-refractivity contribution in [2.24, 2.45) is 0 Å². The van der Waals surface area contributed by atoms with E-state index in [0.29, 0.717) is 41.7 Å². The molecule has 0 radical (unpaired) electrons. The average molecular weight is 406 g/mol. The molecule has 1 aromatic carbocycles. The largest absolute Gasteiger partial charge is 0.493 e. The molecule has 0 fully saturated rings. The van der Waals surface area contributed by atoms with Gasteiger partial charge in [-0.3, -0.25) is 9.69 Å². The lowest BCUT2D eigenvalue weighted by Crippen LogP contribution is -2.36. The van der Waals surface area contributed by atoms with Gasteiger partial charge >= 0.3 is 0 Å². The van der Waals surface area contributed by atoms with Gasteiger partial charge in [-0.1, -0.05) is 24.2 Å². The molecule has 1 aliphatic heterocycles. The number of hydrogen-bond donors (Lipinski definition) is 2. The quantitative estimate of drug-likeness (QED) is 0.709. The third-order valence-corrected chi connectivity index (χ3v) is 4.79. The fourth-order valence-corrected chi connectivity index (χ4v) is 3.18. The predicted molar refractivity (Wildman–Crippen MR) is 113 cm³/mol. The summed E-state index contributed by atoms with van der Waals surface area (Å²) in [4.78, 5) is 14.6. The summed E-state index contributed by atoms with van der Waals surface area (Å²) in [6.07, 6.45) is 5.75. The number of amides is 1. The van der Waals surface area contributed by atoms with Crippen LogP contribution in [-0.4, -0.2) is 51.2 Å². The molecular formula is C21H28ClN3O3. The Morgan fingerprint density at radius 3 is 2.79 bits per heavy atom. The zero-order chi connectivity index (χ0) is 20.5. The summed E-state index contributed by atoms with van der Waals surface area (Å²) in [6.45, 7) is 6.88. The summed E-state index contributed by atoms with van der Waals surface area (Å²) in [6, 6.07) is 5.04. The maximum Gasteiger partial charge on any atom is 0.253 e. The molecule has 28 heavy (non-hydrogen) atoms. The molecule has 1 aromatic rings. The van der Waals surface area contributed by atoms with E-state index in [4.69, 9.17) is 26.8 Å². The van der Waals surface area contributed by atoms with Gasteiger partial charge in [-0.2, -0.15) is 0 Å². The second kappa shape index (κ2) is 10.8. The first-order valence-corrected chi connectivity index (χ1v) is 9.56. The number of allylic oxidation sites excluding steroid dienone is 1. The molecule has 1 aliphatic rings. The summed E-state index contributed by atoms with van der Waals surface area (Å²) >= 11 is 5.98. The second-order valence-electron chi connectivity index (χ2n) is 6.52. The van der Waals surface area contributed by atoms with Crippen LogP contribution in [0, 0.1) is 0 Å². The Bertz CT molecular complexity index is 774. The number of nitrogens with two attached hydrogens (primary N) is 1. The maximum atomic E-state index is 12.4. The normalized spacial score (nSPS) is 19.8. The Morgan fingerprint density at radius 2 is 2.07 bits per heavy atom. The molecule has 0 aliphatic carbocycles. The van der Waals surface area contributed by atoms with Gasteiger partial charge in [0.1, 0.15) is 0 Å². The third kappa shape index (κ3) is 6.04. The van der Waals surface area contributed by atoms with Crippen molar-refractivity contribution in [3.8, 4) is 0 Å². The monoisotopic (exact) mass is 405 g/mol. The minimum absolute atomic E-state index is 0.228. The van der Waals surface area contributed by atoms with Crippen LogP contribution in [0.15, 0.2) is 54.0 Å². The predicted octanol–water partition coefficient (Wildman–Crippen LogP) is 3.36. The third-order valence-electron chi connectivity index (χ3n) is 4.46. The first-order valence-electron chi connectivity index (χ1n) is 9.18. The van der Waals surface area contributed by atoms with Crippen molar-refractivity contribution in [2.75, 3.05) is 46.1 Å². The number of rotatable bonds is 6. The number of nitrogens with one attached hydrogen (secondary N) is 1. The molecule has 2 rings (SSSR count). The summed E-state index contributed by atoms with van der Waals surface area (Å²) in [7, 11) is 3.25. The van der Waals surface area contributed by atoms with Gasteiger partial charge in [0.15, 0.2) is 11.5 Å². The van der Waals surface area contributed by atoms with E-state index in [1.807, 2.05) is 12.2 Å². The second-order valence-corrected chi connectivity index (χ2v) is 6.93. The fraction of sp³-hybridized carbons (Fsp3) is 0.381. The Hall–Kier alpha value is -2.44. The van der Waals surface area contributed by atoms with Crippen LogP contribution in [0.1, 0.15) is 23.2 Å². The lowest BCUT2D eigenvalue weighted by atomic mass is 10.1. The number of nitrogen functional groups attached to an aromatic ring is 1. The molecule has 0 bridgehead atoms. The van der Waals surface area contributed by atoms with Crippen molar-refractivity contribution in [2.45, 2.75) is 12.8 Å². The molecular weight excluding hydrogens is 378 g/mol. The number of methoxy groups -OCH3 is 2. The number of ether oxygens (including phenoxy) is 2. The van der Waals surface area contributed by atoms with Crippen LogP contribution >= 0.6 is 11.6 Å². The summed E-state index contributed by atoms with van der Waals surface area (Å²) in [5.74, 6) is 1.16. The van der Waals surface area contributed by atoms with Gasteiger partial charge in [0.25, 0.3) is 5.91 Å². The minimum Gasteiger partial charge on any atom is -0.493 e. The molecule has 0 unspecified atom stereocenters. The minimum atomic E-state index is -0.228. The van der Waals surface area contributed by atoms with E-state index >= 15 is 0 Å². The van der Waals surface area contributed by atoms with Crippen molar-refractivity contribution in [1.82, 2.24) is 10.2 Å². The van der Waals surface area contributed by atoms with E-state index in [2.05, 4.69) is 16.8 Å². The fourth-order valence-electron chi connectivity index (χ4n) is 3.01. The average Bonchev–Trinajstić information content (AvgIpc) is 2.68. The van der Waals surface area contributed by atoms with E-state index in [1.165, 1.54) is 0 Å². The van der Waals surface area contributed by atoms with Crippen LogP contribution in [0.4, 0.5) is 5.69 Å². The molecule has 6 nitrogen and oxygen atoms in total. The number of hydrogen-bond acceptors (Lipinski definition) is 5. The molecule has 152 valence electrons. The molecule has 1 amide bonds. The smallest absolute Gasteiger partial charge is 0.253 e. The highest BCUT2D eigenvalue weighted by atomic mass is 35.5. The van der Waals surface area contributed by atoms with E-state index in [9.17, 15) is 4.79 Å². The van der Waals surface area contributed by atoms with Crippen molar-refractivity contribution in [3.05, 3.63) is 64.6 Å². The molecule has 3 N–H and O–H groups in total. The molecule has 1 heterocycles. The van der Waals surface area contributed by atoms with Crippen LogP contribution < -0.4 is 11.1 Å². The molecule has 7 heteroatoms. The topological polar surface area (TPSA) is 76.8 Å². The number of para-hydroxylation sites is 1. The van der Waals surface area contributed by atoms with E-state index in [-0.39, 0.29) is 5.91 Å². The Labute approximate surface area is 171 Å². The number of anilines is 1. The Balaban J connectivity index is 1.94. The van der Waals surface area contributed by atoms with Crippen molar-refractivity contribution >= 4 is 23.2 Å². The molecule has 0 saturated heterocycles. The van der Waals surface area contributed by atoms with Gasteiger partial charge in [0.05, 0.1) is 30.5 Å². The summed E-state index contributed by atoms with van der Waals surface area (Å²) in [5.41, 5.74) is 7.49. The number of nitrogens with zero attached hydrogens (tertiary/aromatic N) is 1. The highest BCUT2D eigenvalue weighted by Crippen LogP contribution is 2.22. The number of carbonyl (C=O) groups is 1. The van der Waals surface area contributed by atoms with E-state index < -0.39 is 0 Å².